The maximum absolute atomic E-state index is 6.05. The first-order chi connectivity index (χ1) is 9.25. The van der Waals surface area contributed by atoms with Crippen LogP contribution in [0.4, 0.5) is 10.8 Å². The zero-order valence-electron chi connectivity index (χ0n) is 10.9. The summed E-state index contributed by atoms with van der Waals surface area (Å²) >= 11 is 1.49. The minimum absolute atomic E-state index is 0.616. The summed E-state index contributed by atoms with van der Waals surface area (Å²) in [5, 5.41) is 1.18. The number of pyridine rings is 1. The number of piperazine rings is 1. The zero-order chi connectivity index (χ0) is 13.2. The molecule has 0 spiro atoms. The lowest BCUT2D eigenvalue weighted by Crippen LogP contribution is -2.44. The van der Waals surface area contributed by atoms with Crippen molar-refractivity contribution in [3.05, 3.63) is 24.5 Å². The van der Waals surface area contributed by atoms with Gasteiger partial charge in [-0.1, -0.05) is 0 Å². The van der Waals surface area contributed by atoms with Crippen LogP contribution >= 0.6 is 11.5 Å². The minimum atomic E-state index is 0.616. The number of hydrogen-bond donors (Lipinski definition) is 1. The fourth-order valence-electron chi connectivity index (χ4n) is 2.31. The molecular weight excluding hydrogens is 258 g/mol. The number of likely N-dealkylation sites (N-methyl/N-ethyl adjacent to an activating group) is 1. The van der Waals surface area contributed by atoms with Gasteiger partial charge in [-0.3, -0.25) is 4.98 Å². The molecule has 0 bridgehead atoms. The smallest absolute Gasteiger partial charge is 0.147 e. The van der Waals surface area contributed by atoms with Crippen LogP contribution in [0.2, 0.25) is 0 Å². The summed E-state index contributed by atoms with van der Waals surface area (Å²) in [7, 11) is 2.15. The molecule has 2 aromatic rings. The Morgan fingerprint density at radius 2 is 1.84 bits per heavy atom. The van der Waals surface area contributed by atoms with Gasteiger partial charge in [0.1, 0.15) is 10.8 Å². The van der Waals surface area contributed by atoms with Gasteiger partial charge in [0.25, 0.3) is 0 Å². The standard InChI is InChI=1S/C13H17N5S/c1-17-6-8-18(9-7-17)13-11(12(14)16-19-13)10-2-4-15-5-3-10/h2-5H,6-9H2,1H3,(H2,14,16). The SMILES string of the molecule is CN1CCN(c2snc(N)c2-c2ccncc2)CC1. The highest BCUT2D eigenvalue weighted by molar-refractivity contribution is 7.11. The van der Waals surface area contributed by atoms with E-state index in [-0.39, 0.29) is 0 Å². The van der Waals surface area contributed by atoms with E-state index >= 15 is 0 Å². The van der Waals surface area contributed by atoms with Crippen molar-refractivity contribution in [2.45, 2.75) is 0 Å². The number of hydrogen-bond acceptors (Lipinski definition) is 6. The molecule has 0 radical (unpaired) electrons. The first kappa shape index (κ1) is 12.4. The maximum Gasteiger partial charge on any atom is 0.147 e. The van der Waals surface area contributed by atoms with Gasteiger partial charge in [0, 0.05) is 38.6 Å². The summed E-state index contributed by atoms with van der Waals surface area (Å²) in [6, 6.07) is 3.97. The van der Waals surface area contributed by atoms with Gasteiger partial charge < -0.3 is 15.5 Å². The van der Waals surface area contributed by atoms with Crippen LogP contribution in [0.3, 0.4) is 0 Å². The monoisotopic (exact) mass is 275 g/mol. The highest BCUT2D eigenvalue weighted by atomic mass is 32.1. The Morgan fingerprint density at radius 3 is 2.53 bits per heavy atom. The largest absolute Gasteiger partial charge is 0.382 e. The molecule has 0 aromatic carbocycles. The fraction of sp³-hybridized carbons (Fsp3) is 0.385. The van der Waals surface area contributed by atoms with Crippen LogP contribution in [0, 0.1) is 0 Å². The third-order valence-electron chi connectivity index (χ3n) is 3.46. The molecule has 3 heterocycles. The van der Waals surface area contributed by atoms with E-state index in [4.69, 9.17) is 5.73 Å². The van der Waals surface area contributed by atoms with E-state index in [0.29, 0.717) is 5.82 Å². The van der Waals surface area contributed by atoms with E-state index in [1.165, 1.54) is 16.5 Å². The Labute approximate surface area is 116 Å². The van der Waals surface area contributed by atoms with E-state index in [0.717, 1.165) is 37.3 Å². The summed E-state index contributed by atoms with van der Waals surface area (Å²) in [5.41, 5.74) is 8.19. The summed E-state index contributed by atoms with van der Waals surface area (Å²) in [6.45, 7) is 4.20. The first-order valence-corrected chi connectivity index (χ1v) is 7.12. The summed E-state index contributed by atoms with van der Waals surface area (Å²) in [6.07, 6.45) is 3.58. The zero-order valence-corrected chi connectivity index (χ0v) is 11.7. The van der Waals surface area contributed by atoms with E-state index in [2.05, 4.69) is 26.2 Å². The molecular formula is C13H17N5S. The van der Waals surface area contributed by atoms with Crippen LogP contribution in [0.25, 0.3) is 11.1 Å². The molecule has 19 heavy (non-hydrogen) atoms. The Kier molecular flexibility index (Phi) is 3.35. The highest BCUT2D eigenvalue weighted by Gasteiger charge is 2.22. The van der Waals surface area contributed by atoms with Crippen molar-refractivity contribution in [2.75, 3.05) is 43.9 Å². The molecule has 0 unspecified atom stereocenters. The van der Waals surface area contributed by atoms with Gasteiger partial charge >= 0.3 is 0 Å². The van der Waals surface area contributed by atoms with Crippen molar-refractivity contribution < 1.29 is 0 Å². The average Bonchev–Trinajstić information content (AvgIpc) is 2.82. The average molecular weight is 275 g/mol. The molecule has 1 saturated heterocycles. The number of nitrogen functional groups attached to an aromatic ring is 1. The molecule has 5 nitrogen and oxygen atoms in total. The second-order valence-electron chi connectivity index (χ2n) is 4.77. The van der Waals surface area contributed by atoms with E-state index in [1.807, 2.05) is 12.1 Å². The van der Waals surface area contributed by atoms with Crippen molar-refractivity contribution in [1.29, 1.82) is 0 Å². The molecule has 1 aliphatic heterocycles. The molecule has 0 amide bonds. The van der Waals surface area contributed by atoms with Crippen LogP contribution in [0.1, 0.15) is 0 Å². The topological polar surface area (TPSA) is 58.3 Å². The van der Waals surface area contributed by atoms with Crippen LogP contribution in [0.15, 0.2) is 24.5 Å². The lowest BCUT2D eigenvalue weighted by molar-refractivity contribution is 0.313. The normalized spacial score (nSPS) is 16.8. The summed E-state index contributed by atoms with van der Waals surface area (Å²) in [5.74, 6) is 0.616. The van der Waals surface area contributed by atoms with Crippen LogP contribution in [-0.4, -0.2) is 47.5 Å². The van der Waals surface area contributed by atoms with Gasteiger partial charge in [-0.15, -0.1) is 0 Å². The molecule has 2 N–H and O–H groups in total. The van der Waals surface area contributed by atoms with Gasteiger partial charge in [0.15, 0.2) is 0 Å². The number of nitrogens with two attached hydrogens (primary N) is 1. The minimum Gasteiger partial charge on any atom is -0.382 e. The molecule has 0 aliphatic carbocycles. The van der Waals surface area contributed by atoms with E-state index in [1.54, 1.807) is 12.4 Å². The summed E-state index contributed by atoms with van der Waals surface area (Å²) < 4.78 is 4.33. The van der Waals surface area contributed by atoms with Gasteiger partial charge in [-0.25, -0.2) is 0 Å². The van der Waals surface area contributed by atoms with Crippen molar-refractivity contribution >= 4 is 22.4 Å². The molecule has 1 fully saturated rings. The predicted molar refractivity (Wildman–Crippen MR) is 79.5 cm³/mol. The van der Waals surface area contributed by atoms with Crippen molar-refractivity contribution in [3.63, 3.8) is 0 Å². The number of anilines is 2. The van der Waals surface area contributed by atoms with Gasteiger partial charge in [-0.2, -0.15) is 4.37 Å². The fourth-order valence-corrected chi connectivity index (χ4v) is 3.20. The van der Waals surface area contributed by atoms with Gasteiger partial charge in [0.05, 0.1) is 5.56 Å². The maximum atomic E-state index is 6.05. The van der Waals surface area contributed by atoms with Crippen LogP contribution in [-0.2, 0) is 0 Å². The molecule has 3 rings (SSSR count). The second kappa shape index (κ2) is 5.14. The lowest BCUT2D eigenvalue weighted by Gasteiger charge is -2.33. The van der Waals surface area contributed by atoms with Crippen LogP contribution < -0.4 is 10.6 Å². The Morgan fingerprint density at radius 1 is 1.16 bits per heavy atom. The molecule has 100 valence electrons. The Hall–Kier alpha value is -1.66. The number of rotatable bonds is 2. The first-order valence-electron chi connectivity index (χ1n) is 6.35. The second-order valence-corrected chi connectivity index (χ2v) is 5.53. The van der Waals surface area contributed by atoms with Crippen molar-refractivity contribution in [3.8, 4) is 11.1 Å². The molecule has 1 aliphatic rings. The summed E-state index contributed by atoms with van der Waals surface area (Å²) in [4.78, 5) is 8.78. The molecule has 2 aromatic heterocycles. The van der Waals surface area contributed by atoms with Gasteiger partial charge in [0.2, 0.25) is 0 Å². The Bertz CT molecular complexity index is 545. The molecule has 0 saturated carbocycles. The number of nitrogens with zero attached hydrogens (tertiary/aromatic N) is 4. The predicted octanol–water partition coefficient (Wildman–Crippen LogP) is 1.54. The van der Waals surface area contributed by atoms with Crippen molar-refractivity contribution in [1.82, 2.24) is 14.3 Å². The van der Waals surface area contributed by atoms with E-state index in [9.17, 15) is 0 Å². The van der Waals surface area contributed by atoms with Crippen LogP contribution in [0.5, 0.6) is 0 Å². The molecule has 6 heteroatoms. The highest BCUT2D eigenvalue weighted by Crippen LogP contribution is 2.39. The quantitative estimate of drug-likeness (QED) is 0.901. The number of aromatic nitrogens is 2. The molecule has 0 atom stereocenters. The lowest BCUT2D eigenvalue weighted by atomic mass is 10.1. The van der Waals surface area contributed by atoms with E-state index < -0.39 is 0 Å². The van der Waals surface area contributed by atoms with Crippen molar-refractivity contribution in [2.24, 2.45) is 0 Å². The Balaban J connectivity index is 1.95. The third kappa shape index (κ3) is 2.41. The third-order valence-corrected chi connectivity index (χ3v) is 4.38. The van der Waals surface area contributed by atoms with Gasteiger partial charge in [-0.05, 0) is 36.3 Å².